The van der Waals surface area contributed by atoms with Crippen molar-refractivity contribution in [3.63, 3.8) is 0 Å². The first-order chi connectivity index (χ1) is 5.05. The van der Waals surface area contributed by atoms with E-state index in [1.807, 2.05) is 11.8 Å². The highest BCUT2D eigenvalue weighted by atomic mass is 32.2. The Labute approximate surface area is 73.5 Å². The van der Waals surface area contributed by atoms with Crippen molar-refractivity contribution < 1.29 is 0 Å². The van der Waals surface area contributed by atoms with E-state index >= 15 is 0 Å². The van der Waals surface area contributed by atoms with Crippen LogP contribution in [0, 0.1) is 12.3 Å². The molecule has 1 aliphatic heterocycles. The van der Waals surface area contributed by atoms with E-state index < -0.39 is 0 Å². The minimum absolute atomic E-state index is 0.223. The third kappa shape index (κ3) is 1.91. The van der Waals surface area contributed by atoms with Crippen molar-refractivity contribution in [3.8, 4) is 12.3 Å². The van der Waals surface area contributed by atoms with Crippen LogP contribution in [-0.2, 0) is 0 Å². The second kappa shape index (κ2) is 3.08. The summed E-state index contributed by atoms with van der Waals surface area (Å²) in [6, 6.07) is 0.347. The highest BCUT2D eigenvalue weighted by Crippen LogP contribution is 2.27. The van der Waals surface area contributed by atoms with Crippen LogP contribution in [0.15, 0.2) is 0 Å². The van der Waals surface area contributed by atoms with Crippen molar-refractivity contribution in [3.05, 3.63) is 0 Å². The highest BCUT2D eigenvalue weighted by molar-refractivity contribution is 7.99. The summed E-state index contributed by atoms with van der Waals surface area (Å²) in [5, 5.41) is 0. The summed E-state index contributed by atoms with van der Waals surface area (Å²) >= 11 is 1.93. The Morgan fingerprint density at radius 2 is 2.18 bits per heavy atom. The molecule has 0 amide bonds. The van der Waals surface area contributed by atoms with Gasteiger partial charge in [-0.05, 0) is 20.8 Å². The van der Waals surface area contributed by atoms with Gasteiger partial charge < -0.3 is 0 Å². The maximum atomic E-state index is 5.42. The predicted octanol–water partition coefficient (Wildman–Crippen LogP) is 1.79. The molecule has 0 saturated carbocycles. The minimum atomic E-state index is 0.223. The Kier molecular flexibility index (Phi) is 2.51. The molecule has 62 valence electrons. The van der Waals surface area contributed by atoms with Crippen molar-refractivity contribution in [1.82, 2.24) is 4.90 Å². The smallest absolute Gasteiger partial charge is 0.0814 e. The quantitative estimate of drug-likeness (QED) is 0.509. The molecule has 0 aromatic heterocycles. The van der Waals surface area contributed by atoms with E-state index in [2.05, 4.69) is 31.6 Å². The van der Waals surface area contributed by atoms with Gasteiger partial charge in [0.1, 0.15) is 0 Å². The molecule has 1 fully saturated rings. The molecule has 1 unspecified atom stereocenters. The van der Waals surface area contributed by atoms with E-state index in [0.717, 1.165) is 11.6 Å². The average molecular weight is 169 g/mol. The Morgan fingerprint density at radius 3 is 2.55 bits per heavy atom. The topological polar surface area (TPSA) is 3.24 Å². The molecule has 0 aromatic rings. The molecule has 1 nitrogen and oxygen atoms in total. The number of nitrogens with zero attached hydrogens (tertiary/aromatic N) is 1. The monoisotopic (exact) mass is 169 g/mol. The van der Waals surface area contributed by atoms with Crippen molar-refractivity contribution in [2.45, 2.75) is 32.4 Å². The van der Waals surface area contributed by atoms with Gasteiger partial charge in [-0.2, -0.15) is 0 Å². The first-order valence-corrected chi connectivity index (χ1v) is 5.02. The number of thioether (sulfide) groups is 1. The van der Waals surface area contributed by atoms with Crippen LogP contribution in [0.3, 0.4) is 0 Å². The Morgan fingerprint density at radius 1 is 1.55 bits per heavy atom. The standard InChI is InChI=1S/C9H15NS/c1-5-8-6-11-7-10(8)9(2,3)4/h1,8H,6-7H2,2-4H3. The zero-order valence-electron chi connectivity index (χ0n) is 7.42. The molecule has 0 radical (unpaired) electrons. The first-order valence-electron chi connectivity index (χ1n) is 3.86. The largest absolute Gasteiger partial charge is 0.275 e. The lowest BCUT2D eigenvalue weighted by Gasteiger charge is -2.33. The van der Waals surface area contributed by atoms with Crippen molar-refractivity contribution in [2.75, 3.05) is 11.6 Å². The molecule has 1 rings (SSSR count). The maximum Gasteiger partial charge on any atom is 0.0814 e. The number of rotatable bonds is 0. The third-order valence-corrected chi connectivity index (χ3v) is 2.95. The molecular weight excluding hydrogens is 154 g/mol. The molecule has 1 heterocycles. The molecule has 1 aliphatic rings. The Hall–Kier alpha value is -0.130. The summed E-state index contributed by atoms with van der Waals surface area (Å²) in [5.41, 5.74) is 0.223. The number of hydrogen-bond donors (Lipinski definition) is 0. The summed E-state index contributed by atoms with van der Waals surface area (Å²) in [6.45, 7) is 6.63. The van der Waals surface area contributed by atoms with Gasteiger partial charge in [0.25, 0.3) is 0 Å². The lowest BCUT2D eigenvalue weighted by molar-refractivity contribution is 0.157. The molecule has 1 saturated heterocycles. The Bertz CT molecular complexity index is 175. The predicted molar refractivity (Wildman–Crippen MR) is 51.5 cm³/mol. The second-order valence-electron chi connectivity index (χ2n) is 3.82. The van der Waals surface area contributed by atoms with Crippen LogP contribution in [0.5, 0.6) is 0 Å². The molecule has 0 spiro atoms. The van der Waals surface area contributed by atoms with Gasteiger partial charge in [-0.25, -0.2) is 0 Å². The van der Waals surface area contributed by atoms with Gasteiger partial charge in [-0.15, -0.1) is 18.2 Å². The normalized spacial score (nSPS) is 26.9. The van der Waals surface area contributed by atoms with Gasteiger partial charge in [-0.1, -0.05) is 5.92 Å². The van der Waals surface area contributed by atoms with E-state index in [0.29, 0.717) is 6.04 Å². The van der Waals surface area contributed by atoms with E-state index in [9.17, 15) is 0 Å². The van der Waals surface area contributed by atoms with Crippen LogP contribution in [0.25, 0.3) is 0 Å². The maximum absolute atomic E-state index is 5.42. The summed E-state index contributed by atoms with van der Waals surface area (Å²) in [5.74, 6) is 5.00. The molecule has 2 heteroatoms. The summed E-state index contributed by atoms with van der Waals surface area (Å²) in [7, 11) is 0. The van der Waals surface area contributed by atoms with Crippen LogP contribution in [0.2, 0.25) is 0 Å². The van der Waals surface area contributed by atoms with Crippen molar-refractivity contribution in [2.24, 2.45) is 0 Å². The molecule has 0 bridgehead atoms. The fourth-order valence-corrected chi connectivity index (χ4v) is 2.61. The van der Waals surface area contributed by atoms with Crippen LogP contribution in [0.1, 0.15) is 20.8 Å². The fourth-order valence-electron chi connectivity index (χ4n) is 1.24. The van der Waals surface area contributed by atoms with Crippen LogP contribution in [-0.4, -0.2) is 28.1 Å². The lowest BCUT2D eigenvalue weighted by Crippen LogP contribution is -2.44. The molecular formula is C9H15NS. The van der Waals surface area contributed by atoms with Crippen LogP contribution in [0.4, 0.5) is 0 Å². The minimum Gasteiger partial charge on any atom is -0.275 e. The molecule has 0 aliphatic carbocycles. The first kappa shape index (κ1) is 8.96. The van der Waals surface area contributed by atoms with E-state index in [1.54, 1.807) is 0 Å². The zero-order valence-corrected chi connectivity index (χ0v) is 8.24. The molecule has 0 N–H and O–H groups in total. The van der Waals surface area contributed by atoms with E-state index in [-0.39, 0.29) is 5.54 Å². The van der Waals surface area contributed by atoms with Crippen molar-refractivity contribution >= 4 is 11.8 Å². The molecule has 1 atom stereocenters. The zero-order chi connectivity index (χ0) is 8.48. The van der Waals surface area contributed by atoms with Gasteiger partial charge >= 0.3 is 0 Å². The Balaban J connectivity index is 2.66. The van der Waals surface area contributed by atoms with Crippen LogP contribution < -0.4 is 0 Å². The van der Waals surface area contributed by atoms with Gasteiger partial charge in [0.05, 0.1) is 6.04 Å². The van der Waals surface area contributed by atoms with E-state index in [4.69, 9.17) is 6.42 Å². The van der Waals surface area contributed by atoms with Gasteiger partial charge in [-0.3, -0.25) is 4.90 Å². The van der Waals surface area contributed by atoms with Crippen molar-refractivity contribution in [1.29, 1.82) is 0 Å². The SMILES string of the molecule is C#CC1CSCN1C(C)(C)C. The highest BCUT2D eigenvalue weighted by Gasteiger charge is 2.31. The number of terminal acetylenes is 1. The third-order valence-electron chi connectivity index (χ3n) is 1.94. The van der Waals surface area contributed by atoms with E-state index in [1.165, 1.54) is 0 Å². The second-order valence-corrected chi connectivity index (χ2v) is 4.82. The molecule has 11 heavy (non-hydrogen) atoms. The average Bonchev–Trinajstić information content (AvgIpc) is 2.31. The summed E-state index contributed by atoms with van der Waals surface area (Å²) < 4.78 is 0. The number of hydrogen-bond acceptors (Lipinski definition) is 2. The van der Waals surface area contributed by atoms with Crippen LogP contribution >= 0.6 is 11.8 Å². The summed E-state index contributed by atoms with van der Waals surface area (Å²) in [4.78, 5) is 2.37. The van der Waals surface area contributed by atoms with Gasteiger partial charge in [0, 0.05) is 17.2 Å². The fraction of sp³-hybridized carbons (Fsp3) is 0.778. The van der Waals surface area contributed by atoms with Gasteiger partial charge in [0.15, 0.2) is 0 Å². The lowest BCUT2D eigenvalue weighted by atomic mass is 10.1. The molecule has 0 aromatic carbocycles. The summed E-state index contributed by atoms with van der Waals surface area (Å²) in [6.07, 6.45) is 5.42. The van der Waals surface area contributed by atoms with Gasteiger partial charge in [0.2, 0.25) is 0 Å².